The smallest absolute Gasteiger partial charge is 0.410 e. The second-order valence-electron chi connectivity index (χ2n) is 8.16. The lowest BCUT2D eigenvalue weighted by atomic mass is 10.0. The highest BCUT2D eigenvalue weighted by atomic mass is 16.6. The van der Waals surface area contributed by atoms with Gasteiger partial charge in [0.25, 0.3) is 0 Å². The molecule has 27 heavy (non-hydrogen) atoms. The Bertz CT molecular complexity index is 812. The van der Waals surface area contributed by atoms with Crippen LogP contribution in [0, 0.1) is 5.92 Å². The molecule has 0 aliphatic rings. The Morgan fingerprint density at radius 2 is 1.89 bits per heavy atom. The fourth-order valence-corrected chi connectivity index (χ4v) is 2.74. The number of carbonyl (C=O) groups is 2. The molecular formula is C21H29N3O3. The van der Waals surface area contributed by atoms with Crippen molar-refractivity contribution in [2.24, 2.45) is 5.92 Å². The van der Waals surface area contributed by atoms with E-state index in [0.29, 0.717) is 12.1 Å². The molecule has 6 nitrogen and oxygen atoms in total. The van der Waals surface area contributed by atoms with Crippen molar-refractivity contribution in [1.29, 1.82) is 0 Å². The number of nitrogens with one attached hydrogen (secondary N) is 1. The van der Waals surface area contributed by atoms with E-state index < -0.39 is 17.7 Å². The van der Waals surface area contributed by atoms with Gasteiger partial charge in [-0.15, -0.1) is 0 Å². The first-order chi connectivity index (χ1) is 12.6. The minimum absolute atomic E-state index is 0.236. The summed E-state index contributed by atoms with van der Waals surface area (Å²) in [5.74, 6) is 0.00624. The number of amides is 2. The molecule has 146 valence electrons. The molecular weight excluding hydrogens is 342 g/mol. The van der Waals surface area contributed by atoms with E-state index >= 15 is 0 Å². The Morgan fingerprint density at radius 3 is 2.52 bits per heavy atom. The third-order valence-electron chi connectivity index (χ3n) is 4.05. The van der Waals surface area contributed by atoms with Crippen LogP contribution in [0.2, 0.25) is 0 Å². The minimum atomic E-state index is -0.621. The van der Waals surface area contributed by atoms with E-state index in [2.05, 4.69) is 10.3 Å². The van der Waals surface area contributed by atoms with Gasteiger partial charge in [-0.1, -0.05) is 19.9 Å². The first kappa shape index (κ1) is 20.7. The summed E-state index contributed by atoms with van der Waals surface area (Å²) in [5.41, 5.74) is 0.0575. The van der Waals surface area contributed by atoms with Gasteiger partial charge in [-0.25, -0.2) is 4.79 Å². The molecule has 1 atom stereocenters. The summed E-state index contributed by atoms with van der Waals surface area (Å²) in [6.07, 6.45) is 3.51. The molecule has 1 aromatic carbocycles. The molecule has 2 rings (SSSR count). The Labute approximate surface area is 160 Å². The van der Waals surface area contributed by atoms with Crippen LogP contribution in [-0.2, 0) is 9.53 Å². The lowest BCUT2D eigenvalue weighted by Gasteiger charge is -2.31. The fraction of sp³-hybridized carbons (Fsp3) is 0.476. The predicted octanol–water partition coefficient (Wildman–Crippen LogP) is 4.45. The van der Waals surface area contributed by atoms with E-state index in [1.807, 2.05) is 38.1 Å². The number of carbonyl (C=O) groups excluding carboxylic acids is 2. The number of anilines is 1. The zero-order valence-corrected chi connectivity index (χ0v) is 16.9. The highest BCUT2D eigenvalue weighted by molar-refractivity contribution is 5.98. The van der Waals surface area contributed by atoms with Gasteiger partial charge < -0.3 is 10.1 Å². The molecule has 2 amide bonds. The summed E-state index contributed by atoms with van der Waals surface area (Å²) in [6.45, 7) is 9.45. The topological polar surface area (TPSA) is 71.5 Å². The van der Waals surface area contributed by atoms with Gasteiger partial charge in [-0.2, -0.15) is 0 Å². The van der Waals surface area contributed by atoms with E-state index in [0.717, 1.165) is 10.8 Å². The quantitative estimate of drug-likeness (QED) is 0.842. The summed E-state index contributed by atoms with van der Waals surface area (Å²) in [5, 5.41) is 4.91. The number of likely N-dealkylation sites (N-methyl/N-ethyl adjacent to an activating group) is 1. The molecule has 0 spiro atoms. The van der Waals surface area contributed by atoms with Crippen LogP contribution in [0.5, 0.6) is 0 Å². The van der Waals surface area contributed by atoms with Crippen LogP contribution in [0.4, 0.5) is 10.5 Å². The standard InChI is InChI=1S/C21H29N3O3/c1-14(2)11-18(24(6)20(26)27-21(3,4)5)19(25)23-17-8-7-15-9-10-22-13-16(15)12-17/h7-10,12-14,18H,11H2,1-6H3,(H,23,25)/t18-/m0/s1. The van der Waals surface area contributed by atoms with Crippen molar-refractivity contribution in [3.05, 3.63) is 36.7 Å². The molecule has 0 aliphatic heterocycles. The minimum Gasteiger partial charge on any atom is -0.444 e. The Kier molecular flexibility index (Phi) is 6.41. The van der Waals surface area contributed by atoms with E-state index in [4.69, 9.17) is 4.74 Å². The van der Waals surface area contributed by atoms with Crippen molar-refractivity contribution in [2.45, 2.75) is 52.7 Å². The fourth-order valence-electron chi connectivity index (χ4n) is 2.74. The number of pyridine rings is 1. The SMILES string of the molecule is CC(C)C[C@@H](C(=O)Nc1ccc2ccncc2c1)N(C)C(=O)OC(C)(C)C. The van der Waals surface area contributed by atoms with Gasteiger partial charge in [-0.05, 0) is 56.7 Å². The van der Waals surface area contributed by atoms with Gasteiger partial charge >= 0.3 is 6.09 Å². The lowest BCUT2D eigenvalue weighted by Crippen LogP contribution is -2.47. The van der Waals surface area contributed by atoms with Crippen LogP contribution in [-0.4, -0.2) is 40.6 Å². The molecule has 0 bridgehead atoms. The van der Waals surface area contributed by atoms with Gasteiger partial charge in [0.2, 0.25) is 5.91 Å². The molecule has 0 radical (unpaired) electrons. The zero-order valence-electron chi connectivity index (χ0n) is 16.9. The van der Waals surface area contributed by atoms with Crippen molar-refractivity contribution in [3.8, 4) is 0 Å². The van der Waals surface area contributed by atoms with E-state index in [1.54, 1.807) is 40.2 Å². The third-order valence-corrected chi connectivity index (χ3v) is 4.05. The van der Waals surface area contributed by atoms with Gasteiger partial charge in [0, 0.05) is 30.5 Å². The maximum atomic E-state index is 12.9. The summed E-state index contributed by atoms with van der Waals surface area (Å²) in [4.78, 5) is 30.8. The number of aromatic nitrogens is 1. The normalized spacial score (nSPS) is 12.7. The molecule has 1 N–H and O–H groups in total. The summed E-state index contributed by atoms with van der Waals surface area (Å²) < 4.78 is 5.42. The third kappa shape index (κ3) is 5.94. The number of rotatable bonds is 5. The van der Waals surface area contributed by atoms with Crippen LogP contribution < -0.4 is 5.32 Å². The predicted molar refractivity (Wildman–Crippen MR) is 108 cm³/mol. The van der Waals surface area contributed by atoms with Crippen molar-refractivity contribution in [2.75, 3.05) is 12.4 Å². The first-order valence-electron chi connectivity index (χ1n) is 9.17. The van der Waals surface area contributed by atoms with Crippen LogP contribution in [0.25, 0.3) is 10.8 Å². The van der Waals surface area contributed by atoms with Crippen molar-refractivity contribution < 1.29 is 14.3 Å². The summed E-state index contributed by atoms with van der Waals surface area (Å²) >= 11 is 0. The molecule has 0 unspecified atom stereocenters. The first-order valence-corrected chi connectivity index (χ1v) is 9.17. The van der Waals surface area contributed by atoms with Crippen LogP contribution in [0.3, 0.4) is 0 Å². The van der Waals surface area contributed by atoms with Crippen LogP contribution >= 0.6 is 0 Å². The maximum absolute atomic E-state index is 12.9. The second-order valence-corrected chi connectivity index (χ2v) is 8.16. The van der Waals surface area contributed by atoms with Crippen molar-refractivity contribution in [1.82, 2.24) is 9.88 Å². The molecule has 0 aliphatic carbocycles. The number of ether oxygens (including phenoxy) is 1. The van der Waals surface area contributed by atoms with Crippen molar-refractivity contribution in [3.63, 3.8) is 0 Å². The zero-order chi connectivity index (χ0) is 20.2. The molecule has 0 fully saturated rings. The Morgan fingerprint density at radius 1 is 1.19 bits per heavy atom. The molecule has 6 heteroatoms. The maximum Gasteiger partial charge on any atom is 0.410 e. The molecule has 2 aromatic rings. The highest BCUT2D eigenvalue weighted by Crippen LogP contribution is 2.20. The van der Waals surface area contributed by atoms with Crippen molar-refractivity contribution >= 4 is 28.5 Å². The Hall–Kier alpha value is -2.63. The van der Waals surface area contributed by atoms with E-state index in [-0.39, 0.29) is 11.8 Å². The van der Waals surface area contributed by atoms with Gasteiger partial charge in [0.05, 0.1) is 0 Å². The number of hydrogen-bond donors (Lipinski definition) is 1. The molecule has 0 saturated carbocycles. The molecule has 1 aromatic heterocycles. The largest absolute Gasteiger partial charge is 0.444 e. The van der Waals surface area contributed by atoms with E-state index in [1.165, 1.54) is 4.90 Å². The lowest BCUT2D eigenvalue weighted by molar-refractivity contribution is -0.121. The van der Waals surface area contributed by atoms with Gasteiger partial charge in [0.1, 0.15) is 11.6 Å². The average Bonchev–Trinajstić information content (AvgIpc) is 2.57. The van der Waals surface area contributed by atoms with Crippen LogP contribution in [0.1, 0.15) is 41.0 Å². The number of hydrogen-bond acceptors (Lipinski definition) is 4. The summed E-state index contributed by atoms with van der Waals surface area (Å²) in [6, 6.07) is 6.95. The average molecular weight is 371 g/mol. The Balaban J connectivity index is 2.18. The van der Waals surface area contributed by atoms with Crippen LogP contribution in [0.15, 0.2) is 36.7 Å². The van der Waals surface area contributed by atoms with E-state index in [9.17, 15) is 9.59 Å². The van der Waals surface area contributed by atoms with Gasteiger partial charge in [0.15, 0.2) is 0 Å². The number of nitrogens with zero attached hydrogens (tertiary/aromatic N) is 2. The molecule has 0 saturated heterocycles. The number of benzene rings is 1. The summed E-state index contributed by atoms with van der Waals surface area (Å²) in [7, 11) is 1.60. The van der Waals surface area contributed by atoms with Gasteiger partial charge in [-0.3, -0.25) is 14.7 Å². The number of fused-ring (bicyclic) bond motifs is 1. The second kappa shape index (κ2) is 8.37. The molecule has 1 heterocycles. The monoisotopic (exact) mass is 371 g/mol. The highest BCUT2D eigenvalue weighted by Gasteiger charge is 2.30.